The number of aromatic nitrogens is 2. The van der Waals surface area contributed by atoms with Crippen LogP contribution in [0, 0.1) is 0 Å². The molecule has 0 bridgehead atoms. The summed E-state index contributed by atoms with van der Waals surface area (Å²) in [6, 6.07) is 9.52. The highest BCUT2D eigenvalue weighted by Crippen LogP contribution is 2.29. The molecule has 0 saturated heterocycles. The summed E-state index contributed by atoms with van der Waals surface area (Å²) >= 11 is 0. The van der Waals surface area contributed by atoms with Crippen molar-refractivity contribution in [2.45, 2.75) is 13.8 Å². The van der Waals surface area contributed by atoms with Crippen LogP contribution in [0.2, 0.25) is 0 Å². The van der Waals surface area contributed by atoms with Crippen LogP contribution in [0.1, 0.15) is 13.8 Å². The second kappa shape index (κ2) is 6.23. The first-order valence-electron chi connectivity index (χ1n) is 6.72. The van der Waals surface area contributed by atoms with E-state index in [1.54, 1.807) is 13.2 Å². The first-order valence-corrected chi connectivity index (χ1v) is 6.72. The summed E-state index contributed by atoms with van der Waals surface area (Å²) in [6.07, 6.45) is 0. The van der Waals surface area contributed by atoms with Gasteiger partial charge in [0, 0.05) is 24.7 Å². The summed E-state index contributed by atoms with van der Waals surface area (Å²) in [4.78, 5) is 11.0. The molecule has 5 nitrogen and oxygen atoms in total. The third-order valence-electron chi connectivity index (χ3n) is 3.16. The SMILES string of the molecule is CCN(CC)c1nc(N)cc(-c2ccccc2OC)n1. The number of rotatable bonds is 5. The van der Waals surface area contributed by atoms with Crippen molar-refractivity contribution >= 4 is 11.8 Å². The first-order chi connectivity index (χ1) is 9.69. The van der Waals surface area contributed by atoms with Crippen molar-refractivity contribution in [3.05, 3.63) is 30.3 Å². The number of methoxy groups -OCH3 is 1. The van der Waals surface area contributed by atoms with Crippen molar-refractivity contribution < 1.29 is 4.74 Å². The van der Waals surface area contributed by atoms with Gasteiger partial charge in [-0.3, -0.25) is 0 Å². The van der Waals surface area contributed by atoms with E-state index >= 15 is 0 Å². The molecular formula is C15H20N4O. The zero-order valence-electron chi connectivity index (χ0n) is 12.1. The molecule has 0 atom stereocenters. The minimum Gasteiger partial charge on any atom is -0.496 e. The molecular weight excluding hydrogens is 252 g/mol. The van der Waals surface area contributed by atoms with Crippen LogP contribution in [0.5, 0.6) is 5.75 Å². The van der Waals surface area contributed by atoms with Gasteiger partial charge in [-0.1, -0.05) is 12.1 Å². The smallest absolute Gasteiger partial charge is 0.227 e. The Balaban J connectivity index is 2.52. The summed E-state index contributed by atoms with van der Waals surface area (Å²) < 4.78 is 5.38. The van der Waals surface area contributed by atoms with Crippen LogP contribution in [0.4, 0.5) is 11.8 Å². The molecule has 2 rings (SSSR count). The number of para-hydroxylation sites is 1. The van der Waals surface area contributed by atoms with Crippen molar-refractivity contribution in [2.24, 2.45) is 0 Å². The van der Waals surface area contributed by atoms with Crippen LogP contribution in [-0.2, 0) is 0 Å². The molecule has 0 radical (unpaired) electrons. The molecule has 5 heteroatoms. The standard InChI is InChI=1S/C15H20N4O/c1-4-19(5-2)15-17-12(10-14(16)18-15)11-8-6-7-9-13(11)20-3/h6-10H,4-5H2,1-3H3,(H2,16,17,18). The lowest BCUT2D eigenvalue weighted by Crippen LogP contribution is -2.24. The number of ether oxygens (including phenoxy) is 1. The van der Waals surface area contributed by atoms with Gasteiger partial charge in [-0.25, -0.2) is 4.98 Å². The van der Waals surface area contributed by atoms with Crippen LogP contribution in [0.25, 0.3) is 11.3 Å². The van der Waals surface area contributed by atoms with Crippen molar-refractivity contribution in [1.29, 1.82) is 0 Å². The Morgan fingerprint density at radius 1 is 1.15 bits per heavy atom. The summed E-state index contributed by atoms with van der Waals surface area (Å²) in [6.45, 7) is 5.81. The Kier molecular flexibility index (Phi) is 4.40. The van der Waals surface area contributed by atoms with E-state index in [1.165, 1.54) is 0 Å². The average Bonchev–Trinajstić information content (AvgIpc) is 2.48. The maximum atomic E-state index is 5.92. The van der Waals surface area contributed by atoms with Crippen molar-refractivity contribution in [1.82, 2.24) is 9.97 Å². The number of benzene rings is 1. The van der Waals surface area contributed by atoms with Gasteiger partial charge in [0.2, 0.25) is 5.95 Å². The van der Waals surface area contributed by atoms with E-state index in [-0.39, 0.29) is 0 Å². The quantitative estimate of drug-likeness (QED) is 0.906. The predicted octanol–water partition coefficient (Wildman–Crippen LogP) is 2.58. The van der Waals surface area contributed by atoms with Gasteiger partial charge in [0.1, 0.15) is 11.6 Å². The normalized spacial score (nSPS) is 10.3. The van der Waals surface area contributed by atoms with Gasteiger partial charge in [0.15, 0.2) is 0 Å². The molecule has 106 valence electrons. The van der Waals surface area contributed by atoms with E-state index in [4.69, 9.17) is 10.5 Å². The molecule has 20 heavy (non-hydrogen) atoms. The number of anilines is 2. The van der Waals surface area contributed by atoms with Crippen molar-refractivity contribution in [2.75, 3.05) is 30.8 Å². The predicted molar refractivity (Wildman–Crippen MR) is 82.0 cm³/mol. The van der Waals surface area contributed by atoms with Crippen LogP contribution in [0.3, 0.4) is 0 Å². The number of nitrogens with two attached hydrogens (primary N) is 1. The maximum Gasteiger partial charge on any atom is 0.227 e. The highest BCUT2D eigenvalue weighted by molar-refractivity contribution is 5.70. The number of nitrogen functional groups attached to an aromatic ring is 1. The third kappa shape index (κ3) is 2.82. The Hall–Kier alpha value is -2.30. The largest absolute Gasteiger partial charge is 0.496 e. The second-order valence-electron chi connectivity index (χ2n) is 4.35. The summed E-state index contributed by atoms with van der Waals surface area (Å²) in [5.74, 6) is 1.88. The Morgan fingerprint density at radius 2 is 1.85 bits per heavy atom. The van der Waals surface area contributed by atoms with Gasteiger partial charge in [0.05, 0.1) is 12.8 Å². The minimum atomic E-state index is 0.461. The molecule has 0 aliphatic heterocycles. The molecule has 0 aliphatic carbocycles. The summed E-state index contributed by atoms with van der Waals surface area (Å²) in [7, 11) is 1.65. The van der Waals surface area contributed by atoms with E-state index in [9.17, 15) is 0 Å². The van der Waals surface area contributed by atoms with Gasteiger partial charge in [-0.05, 0) is 26.0 Å². The molecule has 0 amide bonds. The zero-order valence-corrected chi connectivity index (χ0v) is 12.1. The van der Waals surface area contributed by atoms with Crippen LogP contribution in [0.15, 0.2) is 30.3 Å². The lowest BCUT2D eigenvalue weighted by Gasteiger charge is -2.19. The van der Waals surface area contributed by atoms with Gasteiger partial charge in [-0.2, -0.15) is 4.98 Å². The molecule has 1 aromatic carbocycles. The number of hydrogen-bond donors (Lipinski definition) is 1. The molecule has 0 spiro atoms. The maximum absolute atomic E-state index is 5.92. The molecule has 2 N–H and O–H groups in total. The van der Waals surface area contributed by atoms with E-state index in [0.29, 0.717) is 11.8 Å². The van der Waals surface area contributed by atoms with Gasteiger partial charge in [-0.15, -0.1) is 0 Å². The summed E-state index contributed by atoms with van der Waals surface area (Å²) in [5.41, 5.74) is 7.61. The number of hydrogen-bond acceptors (Lipinski definition) is 5. The fourth-order valence-electron chi connectivity index (χ4n) is 2.09. The Morgan fingerprint density at radius 3 is 2.50 bits per heavy atom. The van der Waals surface area contributed by atoms with E-state index in [0.717, 1.165) is 30.1 Å². The lowest BCUT2D eigenvalue weighted by atomic mass is 10.1. The first kappa shape index (κ1) is 14.1. The monoisotopic (exact) mass is 272 g/mol. The average molecular weight is 272 g/mol. The van der Waals surface area contributed by atoms with Gasteiger partial charge in [0.25, 0.3) is 0 Å². The Labute approximate surface area is 119 Å². The van der Waals surface area contributed by atoms with Crippen LogP contribution < -0.4 is 15.4 Å². The van der Waals surface area contributed by atoms with E-state index in [2.05, 4.69) is 28.7 Å². The topological polar surface area (TPSA) is 64.3 Å². The fourth-order valence-corrected chi connectivity index (χ4v) is 2.09. The van der Waals surface area contributed by atoms with Crippen LogP contribution in [-0.4, -0.2) is 30.2 Å². The van der Waals surface area contributed by atoms with Crippen LogP contribution >= 0.6 is 0 Å². The lowest BCUT2D eigenvalue weighted by molar-refractivity contribution is 0.416. The Bertz CT molecular complexity index is 582. The second-order valence-corrected chi connectivity index (χ2v) is 4.35. The highest BCUT2D eigenvalue weighted by Gasteiger charge is 2.12. The van der Waals surface area contributed by atoms with Crippen molar-refractivity contribution in [3.8, 4) is 17.0 Å². The zero-order chi connectivity index (χ0) is 14.5. The highest BCUT2D eigenvalue weighted by atomic mass is 16.5. The van der Waals surface area contributed by atoms with Gasteiger partial charge < -0.3 is 15.4 Å². The van der Waals surface area contributed by atoms with Crippen molar-refractivity contribution in [3.63, 3.8) is 0 Å². The molecule has 0 aliphatic rings. The third-order valence-corrected chi connectivity index (χ3v) is 3.16. The van der Waals surface area contributed by atoms with Gasteiger partial charge >= 0.3 is 0 Å². The van der Waals surface area contributed by atoms with E-state index in [1.807, 2.05) is 24.3 Å². The minimum absolute atomic E-state index is 0.461. The molecule has 1 heterocycles. The molecule has 0 unspecified atom stereocenters. The molecule has 0 fully saturated rings. The molecule has 2 aromatic rings. The summed E-state index contributed by atoms with van der Waals surface area (Å²) in [5, 5.41) is 0. The fraction of sp³-hybridized carbons (Fsp3) is 0.333. The molecule has 1 aromatic heterocycles. The molecule has 0 saturated carbocycles. The number of nitrogens with zero attached hydrogens (tertiary/aromatic N) is 3. The van der Waals surface area contributed by atoms with E-state index < -0.39 is 0 Å².